The van der Waals surface area contributed by atoms with E-state index in [0.29, 0.717) is 17.5 Å². The molecule has 0 unspecified atom stereocenters. The summed E-state index contributed by atoms with van der Waals surface area (Å²) in [6.07, 6.45) is 0.841. The summed E-state index contributed by atoms with van der Waals surface area (Å²) in [6.45, 7) is 1.49. The van der Waals surface area contributed by atoms with E-state index < -0.39 is 16.2 Å². The smallest absolute Gasteiger partial charge is 0.417 e. The van der Waals surface area contributed by atoms with Crippen molar-refractivity contribution in [3.05, 3.63) is 44.8 Å². The average molecular weight is 292 g/mol. The van der Waals surface area contributed by atoms with Crippen LogP contribution >= 0.6 is 0 Å². The van der Waals surface area contributed by atoms with Crippen LogP contribution < -0.4 is 15.8 Å². The number of benzene rings is 1. The third-order valence-electron chi connectivity index (χ3n) is 3.13. The summed E-state index contributed by atoms with van der Waals surface area (Å²) in [5.41, 5.74) is -0.889. The van der Waals surface area contributed by atoms with Crippen molar-refractivity contribution in [2.24, 2.45) is 0 Å². The minimum Gasteiger partial charge on any atom is -0.418 e. The van der Waals surface area contributed by atoms with Gasteiger partial charge in [0.05, 0.1) is 25.6 Å². The van der Waals surface area contributed by atoms with Gasteiger partial charge in [-0.1, -0.05) is 12.1 Å². The predicted octanol–water partition coefficient (Wildman–Crippen LogP) is 0.648. The number of rotatable bonds is 6. The highest BCUT2D eigenvalue weighted by molar-refractivity contribution is 5.94. The monoisotopic (exact) mass is 292 g/mol. The van der Waals surface area contributed by atoms with Crippen molar-refractivity contribution in [3.8, 4) is 0 Å². The minimum absolute atomic E-state index is 0.237. The van der Waals surface area contributed by atoms with Gasteiger partial charge >= 0.3 is 11.3 Å². The molecule has 0 bridgehead atoms. The quantitative estimate of drug-likeness (QED) is 0.353. The molecule has 0 amide bonds. The van der Waals surface area contributed by atoms with E-state index in [4.69, 9.17) is 4.42 Å². The molecule has 0 aliphatic rings. The van der Waals surface area contributed by atoms with Crippen LogP contribution in [0.1, 0.15) is 6.42 Å². The number of nitro groups is 1. The lowest BCUT2D eigenvalue weighted by molar-refractivity contribution is -0.858. The molecule has 2 rings (SSSR count). The van der Waals surface area contributed by atoms with Gasteiger partial charge in [0.15, 0.2) is 0 Å². The van der Waals surface area contributed by atoms with Gasteiger partial charge in [-0.2, -0.15) is 0 Å². The van der Waals surface area contributed by atoms with Crippen LogP contribution in [0.4, 0.5) is 11.4 Å². The maximum Gasteiger partial charge on any atom is 0.417 e. The highest BCUT2D eigenvalue weighted by atomic mass is 16.6. The largest absolute Gasteiger partial charge is 0.418 e. The molecular formula is C14H18N3O4+. The number of hydrogen-bond acceptors (Lipinski definition) is 5. The zero-order valence-electron chi connectivity index (χ0n) is 12.0. The lowest BCUT2D eigenvalue weighted by Crippen LogP contribution is -3.05. The van der Waals surface area contributed by atoms with E-state index in [1.807, 2.05) is 14.1 Å². The second-order valence-corrected chi connectivity index (χ2v) is 5.10. The van der Waals surface area contributed by atoms with Gasteiger partial charge in [-0.3, -0.25) is 10.1 Å². The Balaban J connectivity index is 2.40. The van der Waals surface area contributed by atoms with Gasteiger partial charge in [0.25, 0.3) is 0 Å². The molecule has 0 spiro atoms. The van der Waals surface area contributed by atoms with Crippen LogP contribution in [-0.2, 0) is 0 Å². The molecule has 2 N–H and O–H groups in total. The number of hydrogen-bond donors (Lipinski definition) is 2. The number of anilines is 1. The van der Waals surface area contributed by atoms with Crippen LogP contribution in [0.2, 0.25) is 0 Å². The molecule has 1 heterocycles. The van der Waals surface area contributed by atoms with Gasteiger partial charge in [-0.25, -0.2) is 4.79 Å². The molecule has 1 aromatic heterocycles. The molecule has 0 fully saturated rings. The minimum atomic E-state index is -0.931. The first-order chi connectivity index (χ1) is 10.0. The van der Waals surface area contributed by atoms with Crippen molar-refractivity contribution in [3.63, 3.8) is 0 Å². The Bertz CT molecular complexity index is 709. The van der Waals surface area contributed by atoms with Crippen molar-refractivity contribution in [2.75, 3.05) is 32.5 Å². The molecule has 7 heteroatoms. The van der Waals surface area contributed by atoms with Gasteiger partial charge in [0, 0.05) is 18.4 Å². The van der Waals surface area contributed by atoms with Gasteiger partial charge in [0.1, 0.15) is 11.3 Å². The van der Waals surface area contributed by atoms with Crippen LogP contribution in [-0.4, -0.2) is 32.1 Å². The van der Waals surface area contributed by atoms with E-state index in [0.717, 1.165) is 13.0 Å². The van der Waals surface area contributed by atoms with E-state index in [2.05, 4.69) is 5.32 Å². The summed E-state index contributed by atoms with van der Waals surface area (Å²) in [6, 6.07) is 6.79. The second-order valence-electron chi connectivity index (χ2n) is 5.10. The zero-order valence-corrected chi connectivity index (χ0v) is 12.0. The van der Waals surface area contributed by atoms with E-state index >= 15 is 0 Å². The third-order valence-corrected chi connectivity index (χ3v) is 3.13. The normalized spacial score (nSPS) is 11.0. The molecule has 0 aliphatic heterocycles. The van der Waals surface area contributed by atoms with Crippen LogP contribution in [0.3, 0.4) is 0 Å². The SMILES string of the molecule is C[NH+](C)CCCNc1c([N+](=O)[O-])c(=O)oc2ccccc12. The average Bonchev–Trinajstić information content (AvgIpc) is 2.42. The molecule has 0 saturated carbocycles. The third kappa shape index (κ3) is 3.38. The first-order valence-electron chi connectivity index (χ1n) is 6.74. The Hall–Kier alpha value is -2.41. The number of nitrogens with one attached hydrogen (secondary N) is 2. The van der Waals surface area contributed by atoms with Crippen LogP contribution in [0.15, 0.2) is 33.5 Å². The molecular weight excluding hydrogens is 274 g/mol. The Morgan fingerprint density at radius 3 is 2.71 bits per heavy atom. The molecule has 21 heavy (non-hydrogen) atoms. The molecule has 0 aliphatic carbocycles. The molecule has 0 atom stereocenters. The summed E-state index contributed by atoms with van der Waals surface area (Å²) in [5, 5.41) is 14.7. The molecule has 2 aromatic rings. The molecule has 1 aromatic carbocycles. The maximum absolute atomic E-state index is 11.8. The molecule has 0 radical (unpaired) electrons. The maximum atomic E-state index is 11.8. The first kappa shape index (κ1) is 15.0. The van der Waals surface area contributed by atoms with Crippen molar-refractivity contribution >= 4 is 22.3 Å². The Labute approximate surface area is 121 Å². The van der Waals surface area contributed by atoms with E-state index in [1.54, 1.807) is 24.3 Å². The zero-order chi connectivity index (χ0) is 15.4. The number of nitrogens with zero attached hydrogens (tertiary/aromatic N) is 1. The summed E-state index contributed by atoms with van der Waals surface area (Å²) in [7, 11) is 4.07. The molecule has 0 saturated heterocycles. The summed E-state index contributed by atoms with van der Waals surface area (Å²) in [5.74, 6) is 0. The van der Waals surface area contributed by atoms with Gasteiger partial charge in [0.2, 0.25) is 0 Å². The van der Waals surface area contributed by atoms with Crippen molar-refractivity contribution < 1.29 is 14.2 Å². The highest BCUT2D eigenvalue weighted by Crippen LogP contribution is 2.29. The Morgan fingerprint density at radius 1 is 1.33 bits per heavy atom. The fraction of sp³-hybridized carbons (Fsp3) is 0.357. The Kier molecular flexibility index (Phi) is 4.54. The topological polar surface area (TPSA) is 89.8 Å². The molecule has 7 nitrogen and oxygen atoms in total. The fourth-order valence-corrected chi connectivity index (χ4v) is 2.14. The first-order valence-corrected chi connectivity index (χ1v) is 6.74. The van der Waals surface area contributed by atoms with E-state index in [1.165, 1.54) is 4.90 Å². The van der Waals surface area contributed by atoms with Crippen LogP contribution in [0.25, 0.3) is 11.0 Å². The van der Waals surface area contributed by atoms with Crippen molar-refractivity contribution in [1.29, 1.82) is 0 Å². The van der Waals surface area contributed by atoms with Crippen molar-refractivity contribution in [2.45, 2.75) is 6.42 Å². The number of quaternary nitrogens is 1. The lowest BCUT2D eigenvalue weighted by atomic mass is 10.2. The van der Waals surface area contributed by atoms with Gasteiger partial charge in [-0.15, -0.1) is 0 Å². The van der Waals surface area contributed by atoms with E-state index in [-0.39, 0.29) is 5.69 Å². The van der Waals surface area contributed by atoms with Gasteiger partial charge < -0.3 is 14.6 Å². The number of para-hydroxylation sites is 1. The summed E-state index contributed by atoms with van der Waals surface area (Å²) in [4.78, 5) is 23.5. The summed E-state index contributed by atoms with van der Waals surface area (Å²) >= 11 is 0. The standard InChI is InChI=1S/C14H17N3O4/c1-16(2)9-5-8-15-12-10-6-3-4-7-11(10)21-14(18)13(12)17(19)20/h3-4,6-7,15H,5,8-9H2,1-2H3/p+1. The lowest BCUT2D eigenvalue weighted by Gasteiger charge is -2.10. The Morgan fingerprint density at radius 2 is 2.05 bits per heavy atom. The second kappa shape index (κ2) is 6.36. The predicted molar refractivity (Wildman–Crippen MR) is 79.9 cm³/mol. The van der Waals surface area contributed by atoms with Gasteiger partial charge in [-0.05, 0) is 12.1 Å². The molecule has 112 valence electrons. The highest BCUT2D eigenvalue weighted by Gasteiger charge is 2.24. The van der Waals surface area contributed by atoms with Crippen LogP contribution in [0, 0.1) is 10.1 Å². The van der Waals surface area contributed by atoms with Crippen molar-refractivity contribution in [1.82, 2.24) is 0 Å². The fourth-order valence-electron chi connectivity index (χ4n) is 2.14. The number of fused-ring (bicyclic) bond motifs is 1. The van der Waals surface area contributed by atoms with Crippen LogP contribution in [0.5, 0.6) is 0 Å². The van der Waals surface area contributed by atoms with E-state index in [9.17, 15) is 14.9 Å². The summed E-state index contributed by atoms with van der Waals surface area (Å²) < 4.78 is 5.00.